The average Bonchev–Trinajstić information content (AvgIpc) is 1.98. The van der Waals surface area contributed by atoms with Gasteiger partial charge >= 0.3 is 5.97 Å². The molecule has 0 unspecified atom stereocenters. The highest BCUT2D eigenvalue weighted by molar-refractivity contribution is 5.69. The van der Waals surface area contributed by atoms with Crippen LogP contribution < -0.4 is 0 Å². The van der Waals surface area contributed by atoms with Crippen molar-refractivity contribution in [3.63, 3.8) is 0 Å². The third-order valence-electron chi connectivity index (χ3n) is 1.70. The number of nitriles is 1. The van der Waals surface area contributed by atoms with E-state index in [1.807, 2.05) is 27.7 Å². The molecule has 0 spiro atoms. The smallest absolute Gasteiger partial charge is 0.306 e. The standard InChI is InChI=1S/C11H19NO2/c1-9(7-8-12)5-6-10(13)14-11(2,3)4/h9H,5-7H2,1-4H3/t9-/m0/s1. The monoisotopic (exact) mass is 197 g/mol. The third-order valence-corrected chi connectivity index (χ3v) is 1.70. The molecular formula is C11H19NO2. The molecule has 0 rings (SSSR count). The average molecular weight is 197 g/mol. The van der Waals surface area contributed by atoms with Crippen LogP contribution in [-0.2, 0) is 9.53 Å². The van der Waals surface area contributed by atoms with E-state index in [1.54, 1.807) is 0 Å². The molecule has 0 aliphatic carbocycles. The first-order chi connectivity index (χ1) is 6.35. The SMILES string of the molecule is C[C@H](CC#N)CCC(=O)OC(C)(C)C. The summed E-state index contributed by atoms with van der Waals surface area (Å²) < 4.78 is 5.14. The molecule has 0 aromatic heterocycles. The summed E-state index contributed by atoms with van der Waals surface area (Å²) in [5.74, 6) is 0.0924. The Labute approximate surface area is 86.1 Å². The van der Waals surface area contributed by atoms with E-state index >= 15 is 0 Å². The van der Waals surface area contributed by atoms with Gasteiger partial charge in [-0.3, -0.25) is 4.79 Å². The summed E-state index contributed by atoms with van der Waals surface area (Å²) in [6, 6.07) is 2.09. The van der Waals surface area contributed by atoms with Gasteiger partial charge in [0, 0.05) is 12.8 Å². The largest absolute Gasteiger partial charge is 0.460 e. The zero-order valence-corrected chi connectivity index (χ0v) is 9.46. The number of nitrogens with zero attached hydrogens (tertiary/aromatic N) is 1. The molecule has 0 N–H and O–H groups in total. The van der Waals surface area contributed by atoms with Crippen LogP contribution in [0.2, 0.25) is 0 Å². The van der Waals surface area contributed by atoms with Gasteiger partial charge in [0.1, 0.15) is 5.60 Å². The number of hydrogen-bond donors (Lipinski definition) is 0. The van der Waals surface area contributed by atoms with Gasteiger partial charge in [0.05, 0.1) is 6.07 Å². The van der Waals surface area contributed by atoms with E-state index < -0.39 is 5.60 Å². The van der Waals surface area contributed by atoms with Gasteiger partial charge in [0.25, 0.3) is 0 Å². The van der Waals surface area contributed by atoms with Crippen LogP contribution in [0.15, 0.2) is 0 Å². The number of rotatable bonds is 4. The highest BCUT2D eigenvalue weighted by Crippen LogP contribution is 2.13. The van der Waals surface area contributed by atoms with Crippen LogP contribution in [0.1, 0.15) is 47.0 Å². The Bertz CT molecular complexity index is 222. The Morgan fingerprint density at radius 2 is 2.07 bits per heavy atom. The van der Waals surface area contributed by atoms with Crippen molar-refractivity contribution < 1.29 is 9.53 Å². The Morgan fingerprint density at radius 3 is 2.50 bits per heavy atom. The molecular weight excluding hydrogens is 178 g/mol. The minimum absolute atomic E-state index is 0.178. The lowest BCUT2D eigenvalue weighted by Crippen LogP contribution is -2.23. The van der Waals surface area contributed by atoms with E-state index in [9.17, 15) is 4.79 Å². The van der Waals surface area contributed by atoms with Crippen molar-refractivity contribution in [3.05, 3.63) is 0 Å². The first-order valence-corrected chi connectivity index (χ1v) is 4.94. The molecule has 14 heavy (non-hydrogen) atoms. The van der Waals surface area contributed by atoms with E-state index in [4.69, 9.17) is 10.00 Å². The van der Waals surface area contributed by atoms with Gasteiger partial charge in [0.2, 0.25) is 0 Å². The van der Waals surface area contributed by atoms with E-state index in [0.717, 1.165) is 6.42 Å². The van der Waals surface area contributed by atoms with E-state index in [0.29, 0.717) is 12.8 Å². The van der Waals surface area contributed by atoms with Gasteiger partial charge in [-0.2, -0.15) is 5.26 Å². The van der Waals surface area contributed by atoms with Gasteiger partial charge in [0.15, 0.2) is 0 Å². The van der Waals surface area contributed by atoms with Crippen LogP contribution in [-0.4, -0.2) is 11.6 Å². The summed E-state index contributed by atoms with van der Waals surface area (Å²) in [6.45, 7) is 7.52. The minimum Gasteiger partial charge on any atom is -0.460 e. The summed E-state index contributed by atoms with van der Waals surface area (Å²) in [5.41, 5.74) is -0.407. The number of ether oxygens (including phenoxy) is 1. The fourth-order valence-electron chi connectivity index (χ4n) is 1.01. The normalized spacial score (nSPS) is 13.1. The molecule has 0 bridgehead atoms. The van der Waals surface area contributed by atoms with Crippen LogP contribution >= 0.6 is 0 Å². The van der Waals surface area contributed by atoms with Crippen LogP contribution in [0.3, 0.4) is 0 Å². The quantitative estimate of drug-likeness (QED) is 0.651. The van der Waals surface area contributed by atoms with Crippen LogP contribution in [0, 0.1) is 17.2 Å². The maximum atomic E-state index is 11.3. The van der Waals surface area contributed by atoms with Crippen molar-refractivity contribution in [2.24, 2.45) is 5.92 Å². The summed E-state index contributed by atoms with van der Waals surface area (Å²) >= 11 is 0. The van der Waals surface area contributed by atoms with Gasteiger partial charge in [-0.1, -0.05) is 6.92 Å². The molecule has 0 saturated heterocycles. The van der Waals surface area contributed by atoms with Crippen molar-refractivity contribution in [2.45, 2.75) is 52.6 Å². The molecule has 3 nitrogen and oxygen atoms in total. The summed E-state index contributed by atoms with van der Waals surface area (Å²) in [7, 11) is 0. The Morgan fingerprint density at radius 1 is 1.50 bits per heavy atom. The summed E-state index contributed by atoms with van der Waals surface area (Å²) in [4.78, 5) is 11.3. The fraction of sp³-hybridized carbons (Fsp3) is 0.818. The lowest BCUT2D eigenvalue weighted by atomic mass is 10.0. The highest BCUT2D eigenvalue weighted by Gasteiger charge is 2.16. The number of hydrogen-bond acceptors (Lipinski definition) is 3. The molecule has 1 atom stereocenters. The zero-order valence-electron chi connectivity index (χ0n) is 9.46. The second-order valence-corrected chi connectivity index (χ2v) is 4.59. The highest BCUT2D eigenvalue weighted by atomic mass is 16.6. The Kier molecular flexibility index (Phi) is 5.22. The second kappa shape index (κ2) is 5.64. The Balaban J connectivity index is 3.71. The molecule has 0 aliphatic rings. The van der Waals surface area contributed by atoms with E-state index in [-0.39, 0.29) is 11.9 Å². The van der Waals surface area contributed by atoms with Crippen LogP contribution in [0.4, 0.5) is 0 Å². The molecule has 0 amide bonds. The molecule has 3 heteroatoms. The lowest BCUT2D eigenvalue weighted by molar-refractivity contribution is -0.155. The van der Waals surface area contributed by atoms with Gasteiger partial charge < -0.3 is 4.74 Å². The van der Waals surface area contributed by atoms with Gasteiger partial charge in [-0.15, -0.1) is 0 Å². The molecule has 80 valence electrons. The lowest BCUT2D eigenvalue weighted by Gasteiger charge is -2.19. The van der Waals surface area contributed by atoms with Crippen molar-refractivity contribution >= 4 is 5.97 Å². The molecule has 0 radical (unpaired) electrons. The molecule has 0 aromatic carbocycles. The van der Waals surface area contributed by atoms with Crippen molar-refractivity contribution in [2.75, 3.05) is 0 Å². The number of esters is 1. The Hall–Kier alpha value is -1.04. The molecule has 0 aliphatic heterocycles. The zero-order chi connectivity index (χ0) is 11.2. The first-order valence-electron chi connectivity index (χ1n) is 4.94. The maximum Gasteiger partial charge on any atom is 0.306 e. The number of carbonyl (C=O) groups excluding carboxylic acids is 1. The van der Waals surface area contributed by atoms with E-state index in [2.05, 4.69) is 6.07 Å². The van der Waals surface area contributed by atoms with E-state index in [1.165, 1.54) is 0 Å². The molecule has 0 aromatic rings. The van der Waals surface area contributed by atoms with Crippen molar-refractivity contribution in [1.29, 1.82) is 5.26 Å². The van der Waals surface area contributed by atoms with Crippen LogP contribution in [0.25, 0.3) is 0 Å². The molecule has 0 heterocycles. The fourth-order valence-corrected chi connectivity index (χ4v) is 1.01. The first kappa shape index (κ1) is 13.0. The summed E-state index contributed by atoms with van der Waals surface area (Å²) in [6.07, 6.45) is 1.63. The topological polar surface area (TPSA) is 50.1 Å². The minimum atomic E-state index is -0.407. The second-order valence-electron chi connectivity index (χ2n) is 4.59. The predicted octanol–water partition coefficient (Wildman–Crippen LogP) is 2.66. The predicted molar refractivity (Wildman–Crippen MR) is 54.5 cm³/mol. The molecule has 0 saturated carbocycles. The van der Waals surface area contributed by atoms with Crippen molar-refractivity contribution in [3.8, 4) is 6.07 Å². The van der Waals surface area contributed by atoms with Gasteiger partial charge in [-0.25, -0.2) is 0 Å². The third kappa shape index (κ3) is 7.60. The molecule has 0 fully saturated rings. The summed E-state index contributed by atoms with van der Waals surface area (Å²) in [5, 5.41) is 8.42. The van der Waals surface area contributed by atoms with Crippen molar-refractivity contribution in [1.82, 2.24) is 0 Å². The van der Waals surface area contributed by atoms with Crippen LogP contribution in [0.5, 0.6) is 0 Å². The number of carbonyl (C=O) groups is 1. The van der Waals surface area contributed by atoms with Gasteiger partial charge in [-0.05, 0) is 33.1 Å². The maximum absolute atomic E-state index is 11.3.